The smallest absolute Gasteiger partial charge is 0.224 e. The van der Waals surface area contributed by atoms with Crippen LogP contribution in [0.15, 0.2) is 24.7 Å². The minimum atomic E-state index is 0.178. The van der Waals surface area contributed by atoms with Crippen LogP contribution in [0.2, 0.25) is 0 Å². The molecule has 3 heterocycles. The summed E-state index contributed by atoms with van der Waals surface area (Å²) in [6, 6.07) is 3.83. The van der Waals surface area contributed by atoms with E-state index in [1.165, 1.54) is 0 Å². The molecule has 7 heteroatoms. The number of nitrogens with two attached hydrogens (primary N) is 1. The van der Waals surface area contributed by atoms with Crippen LogP contribution in [0, 0.1) is 6.92 Å². The first kappa shape index (κ1) is 10.5. The Hall–Kier alpha value is -2.70. The molecule has 0 amide bonds. The fourth-order valence-corrected chi connectivity index (χ4v) is 1.62. The number of aryl methyl sites for hydroxylation is 1. The molecule has 0 bridgehead atoms. The Kier molecular flexibility index (Phi) is 2.30. The summed E-state index contributed by atoms with van der Waals surface area (Å²) in [4.78, 5) is 19.4. The third-order valence-corrected chi connectivity index (χ3v) is 2.48. The SMILES string of the molecule is Cc1ccc(Nc2nc(N)nc3nc[nH]c23)cn1. The van der Waals surface area contributed by atoms with E-state index in [1.807, 2.05) is 19.1 Å². The van der Waals surface area contributed by atoms with E-state index < -0.39 is 0 Å². The first-order valence-electron chi connectivity index (χ1n) is 5.38. The third kappa shape index (κ3) is 1.81. The van der Waals surface area contributed by atoms with Crippen LogP contribution in [-0.4, -0.2) is 24.9 Å². The lowest BCUT2D eigenvalue weighted by Gasteiger charge is -2.06. The van der Waals surface area contributed by atoms with Crippen molar-refractivity contribution in [2.75, 3.05) is 11.1 Å². The molecule has 3 aromatic rings. The Morgan fingerprint density at radius 2 is 2.11 bits per heavy atom. The Morgan fingerprint density at radius 3 is 2.89 bits per heavy atom. The number of hydrogen-bond donors (Lipinski definition) is 3. The van der Waals surface area contributed by atoms with Gasteiger partial charge in [0, 0.05) is 5.69 Å². The molecule has 0 aromatic carbocycles. The summed E-state index contributed by atoms with van der Waals surface area (Å²) in [6.45, 7) is 1.93. The molecule has 18 heavy (non-hydrogen) atoms. The Balaban J connectivity index is 2.03. The van der Waals surface area contributed by atoms with Crippen molar-refractivity contribution in [3.8, 4) is 0 Å². The van der Waals surface area contributed by atoms with Crippen molar-refractivity contribution < 1.29 is 0 Å². The number of nitrogens with one attached hydrogen (secondary N) is 2. The van der Waals surface area contributed by atoms with Gasteiger partial charge >= 0.3 is 0 Å². The number of imidazole rings is 1. The quantitative estimate of drug-likeness (QED) is 0.626. The summed E-state index contributed by atoms with van der Waals surface area (Å²) in [5, 5.41) is 3.14. The van der Waals surface area contributed by atoms with E-state index in [2.05, 4.69) is 30.2 Å². The van der Waals surface area contributed by atoms with Gasteiger partial charge in [-0.15, -0.1) is 0 Å². The van der Waals surface area contributed by atoms with Crippen molar-refractivity contribution >= 4 is 28.6 Å². The monoisotopic (exact) mass is 241 g/mol. The van der Waals surface area contributed by atoms with Crippen molar-refractivity contribution in [1.29, 1.82) is 0 Å². The largest absolute Gasteiger partial charge is 0.368 e. The van der Waals surface area contributed by atoms with Gasteiger partial charge in [0.1, 0.15) is 5.52 Å². The minimum Gasteiger partial charge on any atom is -0.368 e. The molecule has 3 aromatic heterocycles. The van der Waals surface area contributed by atoms with Crippen LogP contribution < -0.4 is 11.1 Å². The lowest BCUT2D eigenvalue weighted by atomic mass is 10.3. The fourth-order valence-electron chi connectivity index (χ4n) is 1.62. The van der Waals surface area contributed by atoms with Gasteiger partial charge in [-0.25, -0.2) is 4.98 Å². The molecule has 7 nitrogen and oxygen atoms in total. The van der Waals surface area contributed by atoms with Crippen LogP contribution in [0.1, 0.15) is 5.69 Å². The van der Waals surface area contributed by atoms with Crippen molar-refractivity contribution in [1.82, 2.24) is 24.9 Å². The molecule has 0 unspecified atom stereocenters. The highest BCUT2D eigenvalue weighted by Crippen LogP contribution is 2.21. The second kappa shape index (κ2) is 3.95. The Bertz CT molecular complexity index is 686. The molecule has 0 spiro atoms. The number of aromatic amines is 1. The molecule has 0 saturated heterocycles. The summed E-state index contributed by atoms with van der Waals surface area (Å²) < 4.78 is 0. The summed E-state index contributed by atoms with van der Waals surface area (Å²) in [6.07, 6.45) is 3.28. The molecular weight excluding hydrogens is 230 g/mol. The van der Waals surface area contributed by atoms with Gasteiger partial charge in [0.2, 0.25) is 5.95 Å². The first-order chi connectivity index (χ1) is 8.72. The molecule has 0 aliphatic carbocycles. The zero-order valence-corrected chi connectivity index (χ0v) is 9.68. The highest BCUT2D eigenvalue weighted by atomic mass is 15.1. The highest BCUT2D eigenvalue weighted by Gasteiger charge is 2.08. The lowest BCUT2D eigenvalue weighted by molar-refractivity contribution is 1.18. The summed E-state index contributed by atoms with van der Waals surface area (Å²) in [5.74, 6) is 0.762. The van der Waals surface area contributed by atoms with Gasteiger partial charge in [0.05, 0.1) is 18.2 Å². The van der Waals surface area contributed by atoms with Crippen LogP contribution in [-0.2, 0) is 0 Å². The molecule has 90 valence electrons. The molecule has 4 N–H and O–H groups in total. The fraction of sp³-hybridized carbons (Fsp3) is 0.0909. The van der Waals surface area contributed by atoms with Gasteiger partial charge in [-0.2, -0.15) is 9.97 Å². The number of H-pyrrole nitrogens is 1. The van der Waals surface area contributed by atoms with Crippen LogP contribution in [0.3, 0.4) is 0 Å². The van der Waals surface area contributed by atoms with E-state index in [-0.39, 0.29) is 5.95 Å². The predicted molar refractivity (Wildman–Crippen MR) is 68.4 cm³/mol. The van der Waals surface area contributed by atoms with E-state index in [4.69, 9.17) is 5.73 Å². The number of pyridine rings is 1. The summed E-state index contributed by atoms with van der Waals surface area (Å²) in [5.41, 5.74) is 8.66. The standard InChI is InChI=1S/C11H11N7/c1-6-2-3-7(4-13-6)16-10-8-9(15-5-14-8)17-11(12)18-10/h2-5H,1H3,(H4,12,14,15,16,17,18). The van der Waals surface area contributed by atoms with Crippen LogP contribution in [0.4, 0.5) is 17.5 Å². The van der Waals surface area contributed by atoms with Crippen molar-refractivity contribution in [2.45, 2.75) is 6.92 Å². The lowest BCUT2D eigenvalue weighted by Crippen LogP contribution is -2.01. The molecular formula is C11H11N7. The minimum absolute atomic E-state index is 0.178. The van der Waals surface area contributed by atoms with Crippen LogP contribution in [0.25, 0.3) is 11.2 Å². The highest BCUT2D eigenvalue weighted by molar-refractivity contribution is 5.85. The normalized spacial score (nSPS) is 10.7. The topological polar surface area (TPSA) is 105 Å². The average molecular weight is 241 g/mol. The summed E-state index contributed by atoms with van der Waals surface area (Å²) >= 11 is 0. The number of aromatic nitrogens is 5. The van der Waals surface area contributed by atoms with Crippen LogP contribution >= 0.6 is 0 Å². The second-order valence-electron chi connectivity index (χ2n) is 3.84. The number of rotatable bonds is 2. The molecule has 0 radical (unpaired) electrons. The molecule has 3 rings (SSSR count). The predicted octanol–water partition coefficient (Wildman–Crippen LogP) is 1.38. The molecule has 0 fully saturated rings. The van der Waals surface area contributed by atoms with E-state index in [0.717, 1.165) is 11.4 Å². The first-order valence-corrected chi connectivity index (χ1v) is 5.38. The summed E-state index contributed by atoms with van der Waals surface area (Å²) in [7, 11) is 0. The van der Waals surface area contributed by atoms with Gasteiger partial charge in [0.25, 0.3) is 0 Å². The zero-order chi connectivity index (χ0) is 12.5. The number of nitrogen functional groups attached to an aromatic ring is 1. The zero-order valence-electron chi connectivity index (χ0n) is 9.68. The van der Waals surface area contributed by atoms with Gasteiger partial charge in [-0.1, -0.05) is 0 Å². The molecule has 0 atom stereocenters. The van der Waals surface area contributed by atoms with Gasteiger partial charge < -0.3 is 16.0 Å². The number of nitrogens with zero attached hydrogens (tertiary/aromatic N) is 4. The Labute approximate surface area is 103 Å². The van der Waals surface area contributed by atoms with Crippen molar-refractivity contribution in [2.24, 2.45) is 0 Å². The average Bonchev–Trinajstić information content (AvgIpc) is 2.80. The van der Waals surface area contributed by atoms with Gasteiger partial charge in [0.15, 0.2) is 11.5 Å². The van der Waals surface area contributed by atoms with Gasteiger partial charge in [-0.05, 0) is 19.1 Å². The van der Waals surface area contributed by atoms with Crippen LogP contribution in [0.5, 0.6) is 0 Å². The molecule has 0 aliphatic heterocycles. The number of fused-ring (bicyclic) bond motifs is 1. The molecule has 0 saturated carbocycles. The number of anilines is 3. The Morgan fingerprint density at radius 1 is 1.22 bits per heavy atom. The van der Waals surface area contributed by atoms with E-state index in [0.29, 0.717) is 17.0 Å². The molecule has 0 aliphatic rings. The maximum Gasteiger partial charge on any atom is 0.224 e. The van der Waals surface area contributed by atoms with E-state index >= 15 is 0 Å². The van der Waals surface area contributed by atoms with Crippen molar-refractivity contribution in [3.63, 3.8) is 0 Å². The second-order valence-corrected chi connectivity index (χ2v) is 3.84. The maximum absolute atomic E-state index is 5.63. The third-order valence-electron chi connectivity index (χ3n) is 2.48. The van der Waals surface area contributed by atoms with Crippen molar-refractivity contribution in [3.05, 3.63) is 30.4 Å². The van der Waals surface area contributed by atoms with E-state index in [9.17, 15) is 0 Å². The van der Waals surface area contributed by atoms with Gasteiger partial charge in [-0.3, -0.25) is 4.98 Å². The number of hydrogen-bond acceptors (Lipinski definition) is 6. The maximum atomic E-state index is 5.63. The van der Waals surface area contributed by atoms with E-state index in [1.54, 1.807) is 12.5 Å².